The summed E-state index contributed by atoms with van der Waals surface area (Å²) in [5.74, 6) is -0.00613. The van der Waals surface area contributed by atoms with Crippen LogP contribution >= 0.6 is 0 Å². The topological polar surface area (TPSA) is 43.4 Å². The molecule has 3 heteroatoms. The Kier molecular flexibility index (Phi) is 3.36. The number of hydrogen-bond donors (Lipinski definition) is 0. The largest absolute Gasteiger partial charge is 0.465 e. The number of ether oxygens (including phenoxy) is 1. The molecule has 0 saturated heterocycles. The van der Waals surface area contributed by atoms with E-state index in [9.17, 15) is 9.59 Å². The van der Waals surface area contributed by atoms with E-state index in [0.29, 0.717) is 13.0 Å². The minimum absolute atomic E-state index is 0.0544. The highest BCUT2D eigenvalue weighted by molar-refractivity contribution is 5.96. The molecule has 2 rings (SSSR count). The fourth-order valence-electron chi connectivity index (χ4n) is 3.11. The summed E-state index contributed by atoms with van der Waals surface area (Å²) in [5, 5.41) is 0. The van der Waals surface area contributed by atoms with Gasteiger partial charge in [0, 0.05) is 5.92 Å². The molecule has 17 heavy (non-hydrogen) atoms. The van der Waals surface area contributed by atoms with E-state index in [2.05, 4.69) is 0 Å². The molecule has 0 heterocycles. The molecule has 0 aromatic carbocycles. The summed E-state index contributed by atoms with van der Waals surface area (Å²) in [7, 11) is 0. The van der Waals surface area contributed by atoms with E-state index in [1.165, 1.54) is 0 Å². The van der Waals surface area contributed by atoms with Crippen LogP contribution in [0.5, 0.6) is 0 Å². The van der Waals surface area contributed by atoms with E-state index < -0.39 is 5.41 Å². The zero-order valence-corrected chi connectivity index (χ0v) is 10.6. The molecular formula is C14H20O3. The average Bonchev–Trinajstić information content (AvgIpc) is 2.31. The van der Waals surface area contributed by atoms with Gasteiger partial charge < -0.3 is 4.74 Å². The van der Waals surface area contributed by atoms with E-state index >= 15 is 0 Å². The van der Waals surface area contributed by atoms with Crippen molar-refractivity contribution in [2.45, 2.75) is 46.0 Å². The van der Waals surface area contributed by atoms with Crippen molar-refractivity contribution in [1.82, 2.24) is 0 Å². The lowest BCUT2D eigenvalue weighted by Gasteiger charge is -2.41. The van der Waals surface area contributed by atoms with Gasteiger partial charge in [-0.15, -0.1) is 0 Å². The third-order valence-electron chi connectivity index (χ3n) is 4.04. The van der Waals surface area contributed by atoms with Crippen molar-refractivity contribution in [3.8, 4) is 0 Å². The Labute approximate surface area is 102 Å². The van der Waals surface area contributed by atoms with Crippen LogP contribution in [0.15, 0.2) is 11.6 Å². The second kappa shape index (κ2) is 4.63. The van der Waals surface area contributed by atoms with Gasteiger partial charge in [-0.2, -0.15) is 0 Å². The van der Waals surface area contributed by atoms with Crippen LogP contribution in [0.2, 0.25) is 0 Å². The molecule has 1 fully saturated rings. The summed E-state index contributed by atoms with van der Waals surface area (Å²) in [6.07, 6.45) is 6.19. The van der Waals surface area contributed by atoms with Crippen molar-refractivity contribution in [3.63, 3.8) is 0 Å². The van der Waals surface area contributed by atoms with Crippen LogP contribution < -0.4 is 0 Å². The van der Waals surface area contributed by atoms with E-state index in [0.717, 1.165) is 31.3 Å². The molecule has 2 aliphatic carbocycles. The SMILES string of the molecule is CCOC(=O)C12CCCCC1=CC(=O)C(C)C2. The molecule has 0 spiro atoms. The number of carbonyl (C=O) groups is 2. The maximum absolute atomic E-state index is 12.2. The third kappa shape index (κ3) is 2.03. The number of carbonyl (C=O) groups excluding carboxylic acids is 2. The monoisotopic (exact) mass is 236 g/mol. The van der Waals surface area contributed by atoms with Crippen LogP contribution in [0, 0.1) is 11.3 Å². The van der Waals surface area contributed by atoms with Gasteiger partial charge >= 0.3 is 5.97 Å². The van der Waals surface area contributed by atoms with E-state index in [1.807, 2.05) is 13.8 Å². The van der Waals surface area contributed by atoms with Gasteiger partial charge in [-0.25, -0.2) is 0 Å². The van der Waals surface area contributed by atoms with Gasteiger partial charge in [0.2, 0.25) is 0 Å². The fourth-order valence-corrected chi connectivity index (χ4v) is 3.11. The van der Waals surface area contributed by atoms with Crippen LogP contribution in [0.1, 0.15) is 46.0 Å². The highest BCUT2D eigenvalue weighted by atomic mass is 16.5. The van der Waals surface area contributed by atoms with Crippen LogP contribution in [0.4, 0.5) is 0 Å². The Morgan fingerprint density at radius 1 is 1.53 bits per heavy atom. The molecule has 2 aliphatic rings. The molecule has 0 radical (unpaired) electrons. The molecule has 2 atom stereocenters. The molecule has 0 aliphatic heterocycles. The standard InChI is InChI=1S/C14H20O3/c1-3-17-13(16)14-7-5-4-6-11(14)8-12(15)10(2)9-14/h8,10H,3-7,9H2,1-2H3. The summed E-state index contributed by atoms with van der Waals surface area (Å²) in [6.45, 7) is 4.15. The smallest absolute Gasteiger partial charge is 0.316 e. The zero-order valence-electron chi connectivity index (χ0n) is 10.6. The molecule has 1 saturated carbocycles. The number of fused-ring (bicyclic) bond motifs is 1. The summed E-state index contributed by atoms with van der Waals surface area (Å²) in [6, 6.07) is 0. The average molecular weight is 236 g/mol. The van der Waals surface area contributed by atoms with Crippen molar-refractivity contribution in [3.05, 3.63) is 11.6 Å². The van der Waals surface area contributed by atoms with Gasteiger partial charge in [0.05, 0.1) is 12.0 Å². The Hall–Kier alpha value is -1.12. The highest BCUT2D eigenvalue weighted by Gasteiger charge is 2.48. The van der Waals surface area contributed by atoms with Gasteiger partial charge in [0.15, 0.2) is 5.78 Å². The molecular weight excluding hydrogens is 216 g/mol. The van der Waals surface area contributed by atoms with Crippen molar-refractivity contribution < 1.29 is 14.3 Å². The number of ketones is 1. The van der Waals surface area contributed by atoms with Crippen LogP contribution in [-0.2, 0) is 14.3 Å². The molecule has 0 bridgehead atoms. The second-order valence-corrected chi connectivity index (χ2v) is 5.19. The van der Waals surface area contributed by atoms with Gasteiger partial charge in [0.1, 0.15) is 0 Å². The molecule has 0 aromatic rings. The van der Waals surface area contributed by atoms with Crippen LogP contribution in [0.25, 0.3) is 0 Å². The molecule has 2 unspecified atom stereocenters. The van der Waals surface area contributed by atoms with Crippen LogP contribution in [0.3, 0.4) is 0 Å². The lowest BCUT2D eigenvalue weighted by Crippen LogP contribution is -2.42. The normalized spacial score (nSPS) is 32.7. The lowest BCUT2D eigenvalue weighted by atomic mass is 9.62. The van der Waals surface area contributed by atoms with Crippen molar-refractivity contribution in [2.75, 3.05) is 6.61 Å². The number of allylic oxidation sites excluding steroid dienone is 1. The number of hydrogen-bond acceptors (Lipinski definition) is 3. The van der Waals surface area contributed by atoms with Gasteiger partial charge in [-0.3, -0.25) is 9.59 Å². The van der Waals surface area contributed by atoms with Crippen molar-refractivity contribution >= 4 is 11.8 Å². The Morgan fingerprint density at radius 2 is 2.29 bits per heavy atom. The van der Waals surface area contributed by atoms with Crippen LogP contribution in [-0.4, -0.2) is 18.4 Å². The Balaban J connectivity index is 2.35. The van der Waals surface area contributed by atoms with E-state index in [-0.39, 0.29) is 17.7 Å². The molecule has 0 aromatic heterocycles. The first-order valence-corrected chi connectivity index (χ1v) is 6.52. The maximum atomic E-state index is 12.2. The molecule has 0 amide bonds. The molecule has 94 valence electrons. The highest BCUT2D eigenvalue weighted by Crippen LogP contribution is 2.49. The van der Waals surface area contributed by atoms with Gasteiger partial charge in [0.25, 0.3) is 0 Å². The molecule has 0 N–H and O–H groups in total. The first-order valence-electron chi connectivity index (χ1n) is 6.52. The molecule has 3 nitrogen and oxygen atoms in total. The maximum Gasteiger partial charge on any atom is 0.316 e. The predicted molar refractivity (Wildman–Crippen MR) is 64.4 cm³/mol. The summed E-state index contributed by atoms with van der Waals surface area (Å²) < 4.78 is 5.23. The summed E-state index contributed by atoms with van der Waals surface area (Å²) in [4.78, 5) is 24.0. The number of rotatable bonds is 2. The van der Waals surface area contributed by atoms with E-state index in [4.69, 9.17) is 4.74 Å². The summed E-state index contributed by atoms with van der Waals surface area (Å²) in [5.41, 5.74) is 0.534. The summed E-state index contributed by atoms with van der Waals surface area (Å²) >= 11 is 0. The Bertz CT molecular complexity index is 370. The zero-order chi connectivity index (χ0) is 12.5. The fraction of sp³-hybridized carbons (Fsp3) is 0.714. The minimum atomic E-state index is -0.485. The van der Waals surface area contributed by atoms with Crippen molar-refractivity contribution in [1.29, 1.82) is 0 Å². The van der Waals surface area contributed by atoms with Gasteiger partial charge in [-0.05, 0) is 44.3 Å². The second-order valence-electron chi connectivity index (χ2n) is 5.19. The van der Waals surface area contributed by atoms with Gasteiger partial charge in [-0.1, -0.05) is 13.3 Å². The lowest BCUT2D eigenvalue weighted by molar-refractivity contribution is -0.156. The number of esters is 1. The third-order valence-corrected chi connectivity index (χ3v) is 4.04. The first-order chi connectivity index (χ1) is 8.10. The van der Waals surface area contributed by atoms with Crippen molar-refractivity contribution in [2.24, 2.45) is 11.3 Å². The predicted octanol–water partition coefficient (Wildman–Crippen LogP) is 2.65. The minimum Gasteiger partial charge on any atom is -0.465 e. The first kappa shape index (κ1) is 12.3. The van der Waals surface area contributed by atoms with E-state index in [1.54, 1.807) is 6.08 Å². The Morgan fingerprint density at radius 3 is 3.00 bits per heavy atom. The quantitative estimate of drug-likeness (QED) is 0.692.